The zero-order valence-electron chi connectivity index (χ0n) is 27.2. The van der Waals surface area contributed by atoms with Crippen LogP contribution in [-0.2, 0) is 28.7 Å². The van der Waals surface area contributed by atoms with Crippen molar-refractivity contribution in [2.75, 3.05) is 19.8 Å². The van der Waals surface area contributed by atoms with Gasteiger partial charge in [0.1, 0.15) is 18.2 Å². The molecule has 2 N–H and O–H groups in total. The lowest BCUT2D eigenvalue weighted by Gasteiger charge is -2.44. The standard InChI is InChI=1S/C35H49N3O7/c1-8-10-16-27(40)44-21-24(23-14-12-11-13-15-23)36-31(41)28-26-17-18-35(45-26)29(28)32(42)38(25(20-39)22(3)4)30(35)33(43)37(19-9-2)34(5,6)7/h8-9,11-15,22,24-26,28-30,39H,1-2,10,16-21H2,3-7H3,(H,36,41)/t24-,25-,26-,28+,29+,30-,35+/m0/s1. The Labute approximate surface area is 266 Å². The molecule has 4 rings (SSSR count). The average Bonchev–Trinajstić information content (AvgIpc) is 3.64. The maximum atomic E-state index is 14.5. The van der Waals surface area contributed by atoms with Crippen LogP contribution in [0.25, 0.3) is 0 Å². The number of allylic oxidation sites excluding steroid dienone is 1. The first kappa shape index (κ1) is 34.4. The molecule has 3 fully saturated rings. The van der Waals surface area contributed by atoms with Crippen molar-refractivity contribution in [2.24, 2.45) is 17.8 Å². The molecule has 7 atom stereocenters. The summed E-state index contributed by atoms with van der Waals surface area (Å²) in [7, 11) is 0. The molecule has 0 aliphatic carbocycles. The fraction of sp³-hybridized carbons (Fsp3) is 0.600. The predicted molar refractivity (Wildman–Crippen MR) is 170 cm³/mol. The van der Waals surface area contributed by atoms with E-state index in [1.807, 2.05) is 65.0 Å². The first-order valence-corrected chi connectivity index (χ1v) is 16.0. The van der Waals surface area contributed by atoms with Gasteiger partial charge in [-0.05, 0) is 51.5 Å². The molecule has 1 aromatic carbocycles. The number of benzene rings is 1. The lowest BCUT2D eigenvalue weighted by molar-refractivity contribution is -0.155. The van der Waals surface area contributed by atoms with E-state index in [9.17, 15) is 24.3 Å². The summed E-state index contributed by atoms with van der Waals surface area (Å²) < 4.78 is 12.1. The Balaban J connectivity index is 1.69. The van der Waals surface area contributed by atoms with Gasteiger partial charge in [-0.1, -0.05) is 56.3 Å². The molecule has 10 nitrogen and oxygen atoms in total. The van der Waals surface area contributed by atoms with E-state index in [1.54, 1.807) is 17.1 Å². The molecule has 3 saturated heterocycles. The zero-order valence-corrected chi connectivity index (χ0v) is 27.2. The average molecular weight is 624 g/mol. The van der Waals surface area contributed by atoms with Crippen LogP contribution in [0.15, 0.2) is 55.6 Å². The van der Waals surface area contributed by atoms with Crippen LogP contribution >= 0.6 is 0 Å². The van der Waals surface area contributed by atoms with Gasteiger partial charge >= 0.3 is 5.97 Å². The summed E-state index contributed by atoms with van der Waals surface area (Å²) in [6, 6.07) is 6.90. The molecule has 3 aliphatic heterocycles. The van der Waals surface area contributed by atoms with Crippen molar-refractivity contribution < 1.29 is 33.8 Å². The maximum absolute atomic E-state index is 14.5. The number of aliphatic hydroxyl groups excluding tert-OH is 1. The Morgan fingerprint density at radius 2 is 1.89 bits per heavy atom. The molecule has 0 radical (unpaired) electrons. The summed E-state index contributed by atoms with van der Waals surface area (Å²) in [6.07, 6.45) is 4.35. The minimum absolute atomic E-state index is 0.0804. The topological polar surface area (TPSA) is 125 Å². The van der Waals surface area contributed by atoms with E-state index in [4.69, 9.17) is 9.47 Å². The van der Waals surface area contributed by atoms with Gasteiger partial charge in [0.25, 0.3) is 0 Å². The molecule has 0 unspecified atom stereocenters. The number of fused-ring (bicyclic) bond motifs is 1. The first-order chi connectivity index (χ1) is 21.3. The van der Waals surface area contributed by atoms with Crippen molar-refractivity contribution in [1.82, 2.24) is 15.1 Å². The van der Waals surface area contributed by atoms with Gasteiger partial charge in [-0.3, -0.25) is 19.2 Å². The Morgan fingerprint density at radius 3 is 2.47 bits per heavy atom. The summed E-state index contributed by atoms with van der Waals surface area (Å²) in [6.45, 7) is 16.9. The van der Waals surface area contributed by atoms with Gasteiger partial charge in [0.2, 0.25) is 17.7 Å². The molecule has 3 amide bonds. The molecule has 10 heteroatoms. The number of likely N-dealkylation sites (tertiary alicyclic amines) is 1. The van der Waals surface area contributed by atoms with Crippen molar-refractivity contribution in [1.29, 1.82) is 0 Å². The smallest absolute Gasteiger partial charge is 0.306 e. The molecule has 3 aliphatic rings. The number of amides is 3. The molecule has 1 aromatic rings. The zero-order chi connectivity index (χ0) is 33.1. The fourth-order valence-electron chi connectivity index (χ4n) is 7.26. The normalized spacial score (nSPS) is 26.7. The van der Waals surface area contributed by atoms with Gasteiger partial charge in [-0.25, -0.2) is 0 Å². The molecule has 2 bridgehead atoms. The number of rotatable bonds is 14. The summed E-state index contributed by atoms with van der Waals surface area (Å²) in [4.78, 5) is 58.7. The van der Waals surface area contributed by atoms with Crippen molar-refractivity contribution in [3.63, 3.8) is 0 Å². The first-order valence-electron chi connectivity index (χ1n) is 16.0. The lowest BCUT2D eigenvalue weighted by Crippen LogP contribution is -2.62. The van der Waals surface area contributed by atoms with Crippen LogP contribution in [0.2, 0.25) is 0 Å². The number of carbonyl (C=O) groups excluding carboxylic acids is 4. The van der Waals surface area contributed by atoms with Crippen molar-refractivity contribution in [3.05, 3.63) is 61.2 Å². The van der Waals surface area contributed by atoms with Crippen LogP contribution in [0, 0.1) is 17.8 Å². The number of hydrogen-bond acceptors (Lipinski definition) is 7. The number of aliphatic hydroxyl groups is 1. The van der Waals surface area contributed by atoms with E-state index in [1.165, 1.54) is 4.90 Å². The third-order valence-electron chi connectivity index (χ3n) is 9.46. The second-order valence-electron chi connectivity index (χ2n) is 13.7. The van der Waals surface area contributed by atoms with Gasteiger partial charge in [0.05, 0.1) is 36.6 Å². The van der Waals surface area contributed by atoms with Gasteiger partial charge in [0.15, 0.2) is 0 Å². The molecule has 0 aromatic heterocycles. The minimum Gasteiger partial charge on any atom is -0.463 e. The number of hydrogen-bond donors (Lipinski definition) is 2. The van der Waals surface area contributed by atoms with Crippen LogP contribution in [0.1, 0.15) is 71.9 Å². The second kappa shape index (κ2) is 13.9. The summed E-state index contributed by atoms with van der Waals surface area (Å²) >= 11 is 0. The highest BCUT2D eigenvalue weighted by Crippen LogP contribution is 2.59. The summed E-state index contributed by atoms with van der Waals surface area (Å²) in [5.74, 6) is -3.36. The van der Waals surface area contributed by atoms with E-state index in [0.717, 1.165) is 5.56 Å². The molecular weight excluding hydrogens is 574 g/mol. The largest absolute Gasteiger partial charge is 0.463 e. The van der Waals surface area contributed by atoms with Gasteiger partial charge < -0.3 is 29.7 Å². The van der Waals surface area contributed by atoms with Crippen molar-refractivity contribution >= 4 is 23.7 Å². The van der Waals surface area contributed by atoms with Crippen LogP contribution < -0.4 is 5.32 Å². The van der Waals surface area contributed by atoms with E-state index in [0.29, 0.717) is 19.3 Å². The van der Waals surface area contributed by atoms with E-state index < -0.39 is 59.1 Å². The number of nitrogens with one attached hydrogen (secondary N) is 1. The highest BCUT2D eigenvalue weighted by molar-refractivity contribution is 5.99. The summed E-state index contributed by atoms with van der Waals surface area (Å²) in [5.41, 5.74) is -1.05. The van der Waals surface area contributed by atoms with Crippen LogP contribution in [-0.4, -0.2) is 87.7 Å². The minimum atomic E-state index is -1.22. The molecule has 246 valence electrons. The van der Waals surface area contributed by atoms with Gasteiger partial charge in [-0.15, -0.1) is 13.2 Å². The number of esters is 1. The van der Waals surface area contributed by atoms with E-state index >= 15 is 0 Å². The monoisotopic (exact) mass is 623 g/mol. The maximum Gasteiger partial charge on any atom is 0.306 e. The third-order valence-corrected chi connectivity index (χ3v) is 9.46. The second-order valence-corrected chi connectivity index (χ2v) is 13.7. The van der Waals surface area contributed by atoms with Crippen molar-refractivity contribution in [3.8, 4) is 0 Å². The fourth-order valence-corrected chi connectivity index (χ4v) is 7.26. The molecule has 1 spiro atoms. The van der Waals surface area contributed by atoms with E-state index in [2.05, 4.69) is 18.5 Å². The van der Waals surface area contributed by atoms with Crippen molar-refractivity contribution in [2.45, 2.75) is 95.7 Å². The number of nitrogens with zero attached hydrogens (tertiary/aromatic N) is 2. The molecule has 0 saturated carbocycles. The summed E-state index contributed by atoms with van der Waals surface area (Å²) in [5, 5.41) is 13.5. The van der Waals surface area contributed by atoms with Gasteiger partial charge in [0, 0.05) is 18.5 Å². The van der Waals surface area contributed by atoms with Gasteiger partial charge in [-0.2, -0.15) is 0 Å². The Bertz CT molecular complexity index is 1280. The lowest BCUT2D eigenvalue weighted by atomic mass is 9.70. The highest BCUT2D eigenvalue weighted by Gasteiger charge is 2.75. The quantitative estimate of drug-likeness (QED) is 0.240. The molecule has 3 heterocycles. The highest BCUT2D eigenvalue weighted by atomic mass is 16.5. The van der Waals surface area contributed by atoms with E-state index in [-0.39, 0.29) is 43.9 Å². The van der Waals surface area contributed by atoms with Crippen LogP contribution in [0.5, 0.6) is 0 Å². The Hall–Kier alpha value is -3.50. The van der Waals surface area contributed by atoms with Crippen LogP contribution in [0.3, 0.4) is 0 Å². The Kier molecular flexibility index (Phi) is 10.6. The Morgan fingerprint density at radius 1 is 1.20 bits per heavy atom. The molecular formula is C35H49N3O7. The molecule has 45 heavy (non-hydrogen) atoms. The number of carbonyl (C=O) groups is 4. The number of ether oxygens (including phenoxy) is 2. The SMILES string of the molecule is C=CCCC(=O)OC[C@H](NC(=O)[C@@H]1[C@@H]2CC[C@]3(O2)[C@H](C(=O)N(CC=C)C(C)(C)C)N([C@@H](CO)C(C)C)C(=O)[C@@H]13)c1ccccc1. The predicted octanol–water partition coefficient (Wildman–Crippen LogP) is 3.56. The van der Waals surface area contributed by atoms with Crippen LogP contribution in [0.4, 0.5) is 0 Å². The third kappa shape index (κ3) is 6.58.